The second-order valence-electron chi connectivity index (χ2n) is 6.49. The maximum absolute atomic E-state index is 11.2. The number of hydrogen-bond donors (Lipinski definition) is 4. The molecule has 2 amide bonds. The second-order valence-corrected chi connectivity index (χ2v) is 6.49. The van der Waals surface area contributed by atoms with Gasteiger partial charge in [-0.2, -0.15) is 4.98 Å². The first-order chi connectivity index (χ1) is 13.9. The summed E-state index contributed by atoms with van der Waals surface area (Å²) in [6.45, 7) is 4.80. The van der Waals surface area contributed by atoms with Crippen molar-refractivity contribution in [3.63, 3.8) is 0 Å². The molecule has 0 unspecified atom stereocenters. The monoisotopic (exact) mass is 390 g/mol. The van der Waals surface area contributed by atoms with Crippen molar-refractivity contribution in [2.75, 3.05) is 21.3 Å². The molecule has 148 valence electrons. The van der Waals surface area contributed by atoms with Crippen LogP contribution < -0.4 is 21.3 Å². The van der Waals surface area contributed by atoms with Gasteiger partial charge in [0.25, 0.3) is 0 Å². The molecule has 1 heterocycles. The van der Waals surface area contributed by atoms with E-state index in [1.165, 1.54) is 13.8 Å². The molecule has 0 saturated carbocycles. The van der Waals surface area contributed by atoms with Gasteiger partial charge in [0, 0.05) is 48.4 Å². The van der Waals surface area contributed by atoms with E-state index in [9.17, 15) is 9.59 Å². The summed E-state index contributed by atoms with van der Waals surface area (Å²) >= 11 is 0. The molecule has 3 rings (SSSR count). The van der Waals surface area contributed by atoms with E-state index in [1.54, 1.807) is 12.1 Å². The highest BCUT2D eigenvalue weighted by atomic mass is 16.2. The molecule has 0 radical (unpaired) electrons. The van der Waals surface area contributed by atoms with Gasteiger partial charge < -0.3 is 21.3 Å². The number of benzene rings is 2. The van der Waals surface area contributed by atoms with Crippen LogP contribution in [0.25, 0.3) is 0 Å². The van der Waals surface area contributed by atoms with Crippen molar-refractivity contribution in [1.29, 1.82) is 0 Å². The SMILES string of the molecule is CC(=O)Nc1cccc(Nc2cc(C)nc(Nc3cccc(NC(C)=O)c3)n2)c1. The van der Waals surface area contributed by atoms with Crippen LogP contribution in [0.15, 0.2) is 54.6 Å². The number of hydrogen-bond acceptors (Lipinski definition) is 6. The summed E-state index contributed by atoms with van der Waals surface area (Å²) in [5, 5.41) is 11.9. The van der Waals surface area contributed by atoms with Crippen LogP contribution in [0.5, 0.6) is 0 Å². The molecule has 0 atom stereocenters. The summed E-state index contributed by atoms with van der Waals surface area (Å²) in [4.78, 5) is 31.4. The minimum Gasteiger partial charge on any atom is -0.340 e. The lowest BCUT2D eigenvalue weighted by molar-refractivity contribution is -0.115. The Balaban J connectivity index is 1.78. The lowest BCUT2D eigenvalue weighted by Crippen LogP contribution is -2.07. The molecule has 8 nitrogen and oxygen atoms in total. The van der Waals surface area contributed by atoms with Crippen LogP contribution in [0.1, 0.15) is 19.5 Å². The highest BCUT2D eigenvalue weighted by Crippen LogP contribution is 2.22. The second kappa shape index (κ2) is 8.83. The summed E-state index contributed by atoms with van der Waals surface area (Å²) in [7, 11) is 0. The number of carbonyl (C=O) groups is 2. The average Bonchev–Trinajstić information content (AvgIpc) is 2.60. The Morgan fingerprint density at radius 1 is 0.724 bits per heavy atom. The van der Waals surface area contributed by atoms with Gasteiger partial charge in [0.2, 0.25) is 17.8 Å². The molecule has 1 aromatic heterocycles. The topological polar surface area (TPSA) is 108 Å². The van der Waals surface area contributed by atoms with Crippen molar-refractivity contribution in [3.8, 4) is 0 Å². The van der Waals surface area contributed by atoms with Crippen molar-refractivity contribution in [3.05, 3.63) is 60.3 Å². The zero-order valence-corrected chi connectivity index (χ0v) is 16.4. The summed E-state index contributed by atoms with van der Waals surface area (Å²) in [6, 6.07) is 16.5. The van der Waals surface area contributed by atoms with Crippen molar-refractivity contribution < 1.29 is 9.59 Å². The Labute approximate surface area is 168 Å². The van der Waals surface area contributed by atoms with Crippen LogP contribution in [0, 0.1) is 6.92 Å². The fourth-order valence-corrected chi connectivity index (χ4v) is 2.72. The third-order valence-corrected chi connectivity index (χ3v) is 3.75. The normalized spacial score (nSPS) is 10.2. The summed E-state index contributed by atoms with van der Waals surface area (Å²) in [5.74, 6) is 0.762. The fourth-order valence-electron chi connectivity index (χ4n) is 2.72. The summed E-state index contributed by atoms with van der Waals surface area (Å²) < 4.78 is 0. The highest BCUT2D eigenvalue weighted by Gasteiger charge is 2.06. The van der Waals surface area contributed by atoms with Crippen molar-refractivity contribution in [1.82, 2.24) is 9.97 Å². The molecule has 8 heteroatoms. The molecule has 0 spiro atoms. The van der Waals surface area contributed by atoms with Crippen molar-refractivity contribution in [2.45, 2.75) is 20.8 Å². The van der Waals surface area contributed by atoms with Gasteiger partial charge in [-0.1, -0.05) is 12.1 Å². The van der Waals surface area contributed by atoms with Gasteiger partial charge in [-0.3, -0.25) is 9.59 Å². The first kappa shape index (κ1) is 19.8. The number of rotatable bonds is 6. The van der Waals surface area contributed by atoms with Crippen LogP contribution >= 0.6 is 0 Å². The van der Waals surface area contributed by atoms with Crippen LogP contribution in [-0.4, -0.2) is 21.8 Å². The number of carbonyl (C=O) groups excluding carboxylic acids is 2. The van der Waals surface area contributed by atoms with Gasteiger partial charge in [-0.05, 0) is 43.3 Å². The van der Waals surface area contributed by atoms with E-state index in [0.717, 1.165) is 17.1 Å². The van der Waals surface area contributed by atoms with Gasteiger partial charge in [-0.25, -0.2) is 4.98 Å². The Bertz CT molecular complexity index is 971. The third kappa shape index (κ3) is 6.03. The Hall–Kier alpha value is -3.94. The number of aromatic nitrogens is 2. The molecule has 4 N–H and O–H groups in total. The number of nitrogens with one attached hydrogen (secondary N) is 4. The zero-order valence-electron chi connectivity index (χ0n) is 16.4. The van der Waals surface area contributed by atoms with E-state index in [0.29, 0.717) is 23.1 Å². The lowest BCUT2D eigenvalue weighted by atomic mass is 10.2. The number of amides is 2. The maximum atomic E-state index is 11.2. The zero-order chi connectivity index (χ0) is 20.8. The van der Waals surface area contributed by atoms with Crippen LogP contribution in [-0.2, 0) is 9.59 Å². The van der Waals surface area contributed by atoms with Crippen molar-refractivity contribution >= 4 is 46.3 Å². The molecule has 0 aliphatic carbocycles. The van der Waals surface area contributed by atoms with Crippen LogP contribution in [0.2, 0.25) is 0 Å². The first-order valence-electron chi connectivity index (χ1n) is 9.02. The highest BCUT2D eigenvalue weighted by molar-refractivity contribution is 5.90. The van der Waals surface area contributed by atoms with E-state index in [1.807, 2.05) is 49.4 Å². The molecular formula is C21H22N6O2. The van der Waals surface area contributed by atoms with Gasteiger partial charge in [0.05, 0.1) is 0 Å². The predicted octanol–water partition coefficient (Wildman–Crippen LogP) is 4.19. The lowest BCUT2D eigenvalue weighted by Gasteiger charge is -2.12. The fraction of sp³-hybridized carbons (Fsp3) is 0.143. The van der Waals surface area contributed by atoms with Gasteiger partial charge in [-0.15, -0.1) is 0 Å². The Morgan fingerprint density at radius 3 is 1.79 bits per heavy atom. The van der Waals surface area contributed by atoms with Crippen LogP contribution in [0.4, 0.5) is 34.5 Å². The van der Waals surface area contributed by atoms with E-state index in [-0.39, 0.29) is 11.8 Å². The van der Waals surface area contributed by atoms with E-state index in [4.69, 9.17) is 0 Å². The molecular weight excluding hydrogens is 368 g/mol. The third-order valence-electron chi connectivity index (χ3n) is 3.75. The molecule has 0 aliphatic heterocycles. The van der Waals surface area contributed by atoms with Gasteiger partial charge in [0.15, 0.2) is 0 Å². The van der Waals surface area contributed by atoms with E-state index in [2.05, 4.69) is 31.2 Å². The van der Waals surface area contributed by atoms with E-state index < -0.39 is 0 Å². The number of anilines is 6. The quantitative estimate of drug-likeness (QED) is 0.503. The molecule has 0 saturated heterocycles. The number of nitrogens with zero attached hydrogens (tertiary/aromatic N) is 2. The minimum atomic E-state index is -0.137. The molecule has 0 fully saturated rings. The smallest absolute Gasteiger partial charge is 0.229 e. The van der Waals surface area contributed by atoms with Gasteiger partial charge >= 0.3 is 0 Å². The first-order valence-corrected chi connectivity index (χ1v) is 9.02. The minimum absolute atomic E-state index is 0.131. The largest absolute Gasteiger partial charge is 0.340 e. The summed E-state index contributed by atoms with van der Waals surface area (Å²) in [5.41, 5.74) is 3.69. The standard InChI is InChI=1S/C21H22N6O2/c1-13-10-20(25-18-8-4-6-16(11-18)23-14(2)28)27-21(22-13)26-19-9-5-7-17(12-19)24-15(3)29/h4-12H,1-3H3,(H,23,28)(H,24,29)(H2,22,25,26,27). The molecule has 0 bridgehead atoms. The Kier molecular flexibility index (Phi) is 6.03. The number of aryl methyl sites for hydroxylation is 1. The van der Waals surface area contributed by atoms with E-state index >= 15 is 0 Å². The van der Waals surface area contributed by atoms with Crippen LogP contribution in [0.3, 0.4) is 0 Å². The Morgan fingerprint density at radius 2 is 1.24 bits per heavy atom. The van der Waals surface area contributed by atoms with Gasteiger partial charge in [0.1, 0.15) is 5.82 Å². The van der Waals surface area contributed by atoms with Crippen molar-refractivity contribution in [2.24, 2.45) is 0 Å². The molecule has 29 heavy (non-hydrogen) atoms. The molecule has 3 aromatic rings. The molecule has 2 aromatic carbocycles. The average molecular weight is 390 g/mol. The maximum Gasteiger partial charge on any atom is 0.229 e. The molecule has 0 aliphatic rings. The predicted molar refractivity (Wildman–Crippen MR) is 115 cm³/mol. The summed E-state index contributed by atoms with van der Waals surface area (Å²) in [6.07, 6.45) is 0.